The minimum Gasteiger partial charge on any atom is -0.497 e. The lowest BCUT2D eigenvalue weighted by Gasteiger charge is -2.10. The van der Waals surface area contributed by atoms with Crippen LogP contribution in [0.25, 0.3) is 5.69 Å². The first kappa shape index (κ1) is 16.8. The van der Waals surface area contributed by atoms with Crippen LogP contribution in [-0.4, -0.2) is 41.0 Å². The highest BCUT2D eigenvalue weighted by molar-refractivity contribution is 6.29. The van der Waals surface area contributed by atoms with Crippen molar-refractivity contribution in [1.82, 2.24) is 9.55 Å². The number of ether oxygens (including phenoxy) is 2. The van der Waals surface area contributed by atoms with E-state index < -0.39 is 11.9 Å². The molecule has 1 N–H and O–H groups in total. The summed E-state index contributed by atoms with van der Waals surface area (Å²) in [4.78, 5) is 27.8. The Balaban J connectivity index is 2.45. The molecule has 0 aliphatic carbocycles. The predicted octanol–water partition coefficient (Wildman–Crippen LogP) is 2.23. The second-order valence-electron chi connectivity index (χ2n) is 4.41. The van der Waals surface area contributed by atoms with Crippen LogP contribution < -0.4 is 10.1 Å². The second kappa shape index (κ2) is 7.64. The van der Waals surface area contributed by atoms with Crippen molar-refractivity contribution in [3.05, 3.63) is 36.3 Å². The fourth-order valence-corrected chi connectivity index (χ4v) is 2.01. The van der Waals surface area contributed by atoms with Crippen LogP contribution in [0.3, 0.4) is 0 Å². The number of halogens is 1. The molecular weight excluding hydrogens is 322 g/mol. The van der Waals surface area contributed by atoms with Crippen molar-refractivity contribution in [2.24, 2.45) is 0 Å². The van der Waals surface area contributed by atoms with Gasteiger partial charge in [-0.3, -0.25) is 9.36 Å². The number of hydrogen-bond acceptors (Lipinski definition) is 5. The van der Waals surface area contributed by atoms with E-state index in [0.29, 0.717) is 11.4 Å². The van der Waals surface area contributed by atoms with E-state index >= 15 is 0 Å². The van der Waals surface area contributed by atoms with E-state index in [-0.39, 0.29) is 24.0 Å². The van der Waals surface area contributed by atoms with Crippen molar-refractivity contribution in [3.8, 4) is 11.4 Å². The number of hydrogen-bond donors (Lipinski definition) is 1. The summed E-state index contributed by atoms with van der Waals surface area (Å²) in [6.45, 7) is 1.90. The maximum Gasteiger partial charge on any atom is 0.359 e. The smallest absolute Gasteiger partial charge is 0.359 e. The third kappa shape index (κ3) is 3.81. The Kier molecular flexibility index (Phi) is 5.59. The average molecular weight is 338 g/mol. The van der Waals surface area contributed by atoms with Crippen LogP contribution in [0.5, 0.6) is 5.75 Å². The van der Waals surface area contributed by atoms with Gasteiger partial charge in [-0.2, -0.15) is 0 Å². The van der Waals surface area contributed by atoms with E-state index in [9.17, 15) is 9.59 Å². The van der Waals surface area contributed by atoms with Gasteiger partial charge in [0.2, 0.25) is 5.91 Å². The van der Waals surface area contributed by atoms with Crippen LogP contribution in [0.1, 0.15) is 17.4 Å². The third-order valence-corrected chi connectivity index (χ3v) is 3.21. The normalized spacial score (nSPS) is 10.2. The molecule has 1 aromatic heterocycles. The third-order valence-electron chi connectivity index (χ3n) is 2.97. The highest BCUT2D eigenvalue weighted by atomic mass is 35.5. The highest BCUT2D eigenvalue weighted by Crippen LogP contribution is 2.22. The first-order chi connectivity index (χ1) is 11.1. The van der Waals surface area contributed by atoms with Gasteiger partial charge < -0.3 is 14.8 Å². The van der Waals surface area contributed by atoms with Crippen LogP contribution in [-0.2, 0) is 9.53 Å². The van der Waals surface area contributed by atoms with Gasteiger partial charge in [-0.05, 0) is 31.2 Å². The fraction of sp³-hybridized carbons (Fsp3) is 0.267. The molecule has 1 amide bonds. The van der Waals surface area contributed by atoms with E-state index in [4.69, 9.17) is 21.1 Å². The highest BCUT2D eigenvalue weighted by Gasteiger charge is 2.22. The molecule has 2 aromatic rings. The van der Waals surface area contributed by atoms with Gasteiger partial charge in [-0.25, -0.2) is 9.78 Å². The fourth-order valence-electron chi connectivity index (χ4n) is 1.94. The van der Waals surface area contributed by atoms with Crippen LogP contribution >= 0.6 is 11.6 Å². The molecule has 7 nitrogen and oxygen atoms in total. The summed E-state index contributed by atoms with van der Waals surface area (Å²) in [6.07, 6.45) is 1.43. The number of carbonyl (C=O) groups excluding carboxylic acids is 2. The number of benzene rings is 1. The first-order valence-corrected chi connectivity index (χ1v) is 7.38. The van der Waals surface area contributed by atoms with Gasteiger partial charge in [0.05, 0.1) is 13.7 Å². The Morgan fingerprint density at radius 3 is 2.57 bits per heavy atom. The van der Waals surface area contributed by atoms with Crippen molar-refractivity contribution in [2.75, 3.05) is 24.9 Å². The minimum atomic E-state index is -0.592. The Morgan fingerprint density at radius 1 is 1.30 bits per heavy atom. The lowest BCUT2D eigenvalue weighted by molar-refractivity contribution is -0.113. The summed E-state index contributed by atoms with van der Waals surface area (Å²) >= 11 is 5.48. The number of nitrogens with zero attached hydrogens (tertiary/aromatic N) is 2. The number of methoxy groups -OCH3 is 1. The number of aromatic nitrogens is 2. The molecule has 0 spiro atoms. The summed E-state index contributed by atoms with van der Waals surface area (Å²) in [5, 5.41) is 2.48. The number of rotatable bonds is 6. The minimum absolute atomic E-state index is 0.102. The molecule has 23 heavy (non-hydrogen) atoms. The Labute approximate surface area is 138 Å². The molecule has 0 fully saturated rings. The number of alkyl halides is 1. The SMILES string of the molecule is CCOC(=O)c1c(NC(=O)CCl)ncn1-c1ccc(OC)cc1. The number of nitrogens with one attached hydrogen (secondary N) is 1. The molecular formula is C15H16ClN3O4. The van der Waals surface area contributed by atoms with Crippen molar-refractivity contribution in [1.29, 1.82) is 0 Å². The monoisotopic (exact) mass is 337 g/mol. The molecule has 8 heteroatoms. The first-order valence-electron chi connectivity index (χ1n) is 6.85. The summed E-state index contributed by atoms with van der Waals surface area (Å²) in [7, 11) is 1.57. The maximum absolute atomic E-state index is 12.2. The van der Waals surface area contributed by atoms with E-state index in [2.05, 4.69) is 10.3 Å². The molecule has 1 heterocycles. The largest absolute Gasteiger partial charge is 0.497 e. The molecule has 122 valence electrons. The molecule has 0 bridgehead atoms. The van der Waals surface area contributed by atoms with Crippen LogP contribution in [0.2, 0.25) is 0 Å². The van der Waals surface area contributed by atoms with Gasteiger partial charge in [-0.15, -0.1) is 11.6 Å². The molecule has 0 aliphatic rings. The zero-order valence-corrected chi connectivity index (χ0v) is 13.5. The molecule has 0 saturated carbocycles. The van der Waals surface area contributed by atoms with Crippen molar-refractivity contribution in [2.45, 2.75) is 6.92 Å². The molecule has 1 aromatic carbocycles. The number of esters is 1. The van der Waals surface area contributed by atoms with E-state index in [1.165, 1.54) is 10.9 Å². The predicted molar refractivity (Wildman–Crippen MR) is 85.4 cm³/mol. The van der Waals surface area contributed by atoms with Crippen LogP contribution in [0.4, 0.5) is 5.82 Å². The summed E-state index contributed by atoms with van der Waals surface area (Å²) in [5.41, 5.74) is 0.795. The standard InChI is InChI=1S/C15H16ClN3O4/c1-3-23-15(21)13-14(18-12(20)8-16)17-9-19(13)10-4-6-11(22-2)7-5-10/h4-7,9H,3,8H2,1-2H3,(H,18,20). The Hall–Kier alpha value is -2.54. The van der Waals surface area contributed by atoms with Gasteiger partial charge >= 0.3 is 5.97 Å². The molecule has 0 atom stereocenters. The number of imidazole rings is 1. The molecule has 0 unspecified atom stereocenters. The van der Waals surface area contributed by atoms with Crippen molar-refractivity contribution >= 4 is 29.3 Å². The van der Waals surface area contributed by atoms with Crippen molar-refractivity contribution in [3.63, 3.8) is 0 Å². The molecule has 0 radical (unpaired) electrons. The Morgan fingerprint density at radius 2 is 2.00 bits per heavy atom. The number of amides is 1. The van der Waals surface area contributed by atoms with Gasteiger partial charge in [0.1, 0.15) is 18.0 Å². The van der Waals surface area contributed by atoms with Gasteiger partial charge in [0, 0.05) is 5.69 Å². The van der Waals surface area contributed by atoms with E-state index in [1.54, 1.807) is 38.3 Å². The molecule has 2 rings (SSSR count). The zero-order chi connectivity index (χ0) is 16.8. The number of carbonyl (C=O) groups is 2. The number of anilines is 1. The summed E-state index contributed by atoms with van der Waals surface area (Å²) in [5.74, 6) is -0.507. The maximum atomic E-state index is 12.2. The van der Waals surface area contributed by atoms with Gasteiger partial charge in [0.15, 0.2) is 11.5 Å². The topological polar surface area (TPSA) is 82.5 Å². The van der Waals surface area contributed by atoms with Gasteiger partial charge in [-0.1, -0.05) is 0 Å². The van der Waals surface area contributed by atoms with E-state index in [0.717, 1.165) is 0 Å². The molecule has 0 saturated heterocycles. The quantitative estimate of drug-likeness (QED) is 0.645. The van der Waals surface area contributed by atoms with Crippen molar-refractivity contribution < 1.29 is 19.1 Å². The Bertz CT molecular complexity index is 697. The van der Waals surface area contributed by atoms with Crippen LogP contribution in [0, 0.1) is 0 Å². The average Bonchev–Trinajstić information content (AvgIpc) is 2.98. The van der Waals surface area contributed by atoms with Gasteiger partial charge in [0.25, 0.3) is 0 Å². The zero-order valence-electron chi connectivity index (χ0n) is 12.7. The van der Waals surface area contributed by atoms with E-state index in [1.807, 2.05) is 0 Å². The lowest BCUT2D eigenvalue weighted by Crippen LogP contribution is -2.18. The summed E-state index contributed by atoms with van der Waals surface area (Å²) < 4.78 is 11.7. The van der Waals surface area contributed by atoms with Crippen LogP contribution in [0.15, 0.2) is 30.6 Å². The summed E-state index contributed by atoms with van der Waals surface area (Å²) in [6, 6.07) is 7.02. The lowest BCUT2D eigenvalue weighted by atomic mass is 10.3. The molecule has 0 aliphatic heterocycles. The second-order valence-corrected chi connectivity index (χ2v) is 4.68.